The van der Waals surface area contributed by atoms with Crippen LogP contribution in [0.25, 0.3) is 0 Å². The van der Waals surface area contributed by atoms with Crippen molar-refractivity contribution in [3.63, 3.8) is 0 Å². The summed E-state index contributed by atoms with van der Waals surface area (Å²) in [6.07, 6.45) is -1.59. The summed E-state index contributed by atoms with van der Waals surface area (Å²) in [5.74, 6) is 0.794. The van der Waals surface area contributed by atoms with Crippen LogP contribution in [-0.4, -0.2) is 22.4 Å². The normalized spacial score (nSPS) is 23.7. The first-order valence-corrected chi connectivity index (χ1v) is 7.47. The van der Waals surface area contributed by atoms with Crippen LogP contribution < -0.4 is 5.32 Å². The van der Waals surface area contributed by atoms with Gasteiger partial charge in [-0.3, -0.25) is 0 Å². The maximum Gasteiger partial charge on any atom is 0.389 e. The van der Waals surface area contributed by atoms with Gasteiger partial charge in [-0.25, -0.2) is 0 Å². The highest BCUT2D eigenvalue weighted by molar-refractivity contribution is 4.89. The minimum Gasteiger partial charge on any atom is -0.424 e. The smallest absolute Gasteiger partial charge is 0.389 e. The van der Waals surface area contributed by atoms with Crippen LogP contribution in [0.4, 0.5) is 13.2 Å². The van der Waals surface area contributed by atoms with Crippen molar-refractivity contribution in [2.75, 3.05) is 0 Å². The second-order valence-electron chi connectivity index (χ2n) is 6.04. The minimum absolute atomic E-state index is 0.130. The standard InChI is InChI=1S/C14H22F3N3O/c1-9(2)13-20-19-12(21-13)8-18-11-6-4-3-5-10(11)7-14(15,16)17/h9-11,18H,3-8H2,1-2H3/t10-,11-/m0/s1. The summed E-state index contributed by atoms with van der Waals surface area (Å²) in [5, 5.41) is 11.0. The van der Waals surface area contributed by atoms with Gasteiger partial charge in [0.1, 0.15) is 0 Å². The van der Waals surface area contributed by atoms with E-state index in [-0.39, 0.29) is 17.9 Å². The molecule has 0 amide bonds. The van der Waals surface area contributed by atoms with Gasteiger partial charge in [-0.15, -0.1) is 10.2 Å². The van der Waals surface area contributed by atoms with E-state index in [2.05, 4.69) is 15.5 Å². The van der Waals surface area contributed by atoms with Crippen LogP contribution in [0, 0.1) is 5.92 Å². The van der Waals surface area contributed by atoms with E-state index in [0.29, 0.717) is 24.7 Å². The Hall–Kier alpha value is -1.11. The number of hydrogen-bond donors (Lipinski definition) is 1. The van der Waals surface area contributed by atoms with Crippen LogP contribution in [0.3, 0.4) is 0 Å². The van der Waals surface area contributed by atoms with E-state index in [1.54, 1.807) is 0 Å². The minimum atomic E-state index is -4.10. The van der Waals surface area contributed by atoms with Crippen molar-refractivity contribution in [2.45, 2.75) is 70.6 Å². The molecule has 1 saturated carbocycles. The molecule has 2 rings (SSSR count). The van der Waals surface area contributed by atoms with Gasteiger partial charge in [0, 0.05) is 18.4 Å². The maximum atomic E-state index is 12.6. The molecular formula is C14H22F3N3O. The van der Waals surface area contributed by atoms with Crippen LogP contribution >= 0.6 is 0 Å². The van der Waals surface area contributed by atoms with Crippen LogP contribution in [0.1, 0.15) is 63.7 Å². The third-order valence-corrected chi connectivity index (χ3v) is 3.89. The van der Waals surface area contributed by atoms with Gasteiger partial charge in [-0.05, 0) is 18.8 Å². The van der Waals surface area contributed by atoms with E-state index < -0.39 is 12.6 Å². The second kappa shape index (κ2) is 6.77. The Labute approximate surface area is 122 Å². The monoisotopic (exact) mass is 305 g/mol. The molecule has 0 unspecified atom stereocenters. The summed E-state index contributed by atoms with van der Waals surface area (Å²) in [6, 6.07) is -0.130. The van der Waals surface area contributed by atoms with Crippen molar-refractivity contribution < 1.29 is 17.6 Å². The molecule has 1 aliphatic rings. The fraction of sp³-hybridized carbons (Fsp3) is 0.857. The highest BCUT2D eigenvalue weighted by atomic mass is 19.4. The number of alkyl halides is 3. The summed E-state index contributed by atoms with van der Waals surface area (Å²) >= 11 is 0. The molecule has 1 N–H and O–H groups in total. The summed E-state index contributed by atoms with van der Waals surface area (Å²) < 4.78 is 43.3. The topological polar surface area (TPSA) is 51.0 Å². The average molecular weight is 305 g/mol. The Kier molecular flexibility index (Phi) is 5.24. The first kappa shape index (κ1) is 16.3. The van der Waals surface area contributed by atoms with Crippen molar-refractivity contribution in [3.05, 3.63) is 11.8 Å². The molecule has 1 fully saturated rings. The van der Waals surface area contributed by atoms with E-state index in [4.69, 9.17) is 4.42 Å². The number of rotatable bonds is 5. The molecular weight excluding hydrogens is 283 g/mol. The number of halogens is 3. The maximum absolute atomic E-state index is 12.6. The number of nitrogens with one attached hydrogen (secondary N) is 1. The van der Waals surface area contributed by atoms with Crippen molar-refractivity contribution in [3.8, 4) is 0 Å². The predicted octanol–water partition coefficient (Wildman–Crippen LogP) is 3.79. The lowest BCUT2D eigenvalue weighted by Crippen LogP contribution is -2.40. The SMILES string of the molecule is CC(C)c1nnc(CN[C@H]2CCCC[C@H]2CC(F)(F)F)o1. The molecule has 0 saturated heterocycles. The molecule has 1 aromatic rings. The second-order valence-corrected chi connectivity index (χ2v) is 6.04. The van der Waals surface area contributed by atoms with Crippen LogP contribution in [0.15, 0.2) is 4.42 Å². The van der Waals surface area contributed by atoms with E-state index in [0.717, 1.165) is 19.3 Å². The predicted molar refractivity (Wildman–Crippen MR) is 71.6 cm³/mol. The molecule has 0 bridgehead atoms. The number of nitrogens with zero attached hydrogens (tertiary/aromatic N) is 2. The molecule has 0 aromatic carbocycles. The van der Waals surface area contributed by atoms with E-state index in [1.165, 1.54) is 0 Å². The molecule has 0 aliphatic heterocycles. The molecule has 1 aromatic heterocycles. The lowest BCUT2D eigenvalue weighted by molar-refractivity contribution is -0.148. The van der Waals surface area contributed by atoms with Gasteiger partial charge < -0.3 is 9.73 Å². The lowest BCUT2D eigenvalue weighted by atomic mass is 9.82. The van der Waals surface area contributed by atoms with Crippen molar-refractivity contribution >= 4 is 0 Å². The Bertz CT molecular complexity index is 445. The average Bonchev–Trinajstić information content (AvgIpc) is 2.85. The molecule has 120 valence electrons. The number of hydrogen-bond acceptors (Lipinski definition) is 4. The van der Waals surface area contributed by atoms with Gasteiger partial charge in [-0.1, -0.05) is 26.7 Å². The Morgan fingerprint density at radius 1 is 1.24 bits per heavy atom. The summed E-state index contributed by atoms with van der Waals surface area (Å²) in [6.45, 7) is 4.23. The Balaban J connectivity index is 1.89. The zero-order chi connectivity index (χ0) is 15.5. The zero-order valence-corrected chi connectivity index (χ0v) is 12.4. The molecule has 0 spiro atoms. The van der Waals surface area contributed by atoms with Gasteiger partial charge in [0.2, 0.25) is 11.8 Å². The molecule has 1 heterocycles. The highest BCUT2D eigenvalue weighted by Gasteiger charge is 2.36. The van der Waals surface area contributed by atoms with Crippen LogP contribution in [0.2, 0.25) is 0 Å². The quantitative estimate of drug-likeness (QED) is 0.899. The fourth-order valence-electron chi connectivity index (χ4n) is 2.81. The van der Waals surface area contributed by atoms with Crippen molar-refractivity contribution in [2.24, 2.45) is 5.92 Å². The van der Waals surface area contributed by atoms with Gasteiger partial charge >= 0.3 is 6.18 Å². The summed E-state index contributed by atoms with van der Waals surface area (Å²) in [7, 11) is 0. The highest BCUT2D eigenvalue weighted by Crippen LogP contribution is 2.34. The van der Waals surface area contributed by atoms with Crippen molar-refractivity contribution in [1.29, 1.82) is 0 Å². The molecule has 0 radical (unpaired) electrons. The van der Waals surface area contributed by atoms with Gasteiger partial charge in [-0.2, -0.15) is 13.2 Å². The first-order chi connectivity index (χ1) is 9.85. The zero-order valence-electron chi connectivity index (χ0n) is 12.4. The Morgan fingerprint density at radius 2 is 1.95 bits per heavy atom. The molecule has 1 aliphatic carbocycles. The van der Waals surface area contributed by atoms with Crippen LogP contribution in [-0.2, 0) is 6.54 Å². The fourth-order valence-corrected chi connectivity index (χ4v) is 2.81. The van der Waals surface area contributed by atoms with Crippen LogP contribution in [0.5, 0.6) is 0 Å². The molecule has 4 nitrogen and oxygen atoms in total. The van der Waals surface area contributed by atoms with Gasteiger partial charge in [0.25, 0.3) is 0 Å². The van der Waals surface area contributed by atoms with E-state index in [9.17, 15) is 13.2 Å². The molecule has 2 atom stereocenters. The molecule has 7 heteroatoms. The Morgan fingerprint density at radius 3 is 2.57 bits per heavy atom. The lowest BCUT2D eigenvalue weighted by Gasteiger charge is -2.32. The first-order valence-electron chi connectivity index (χ1n) is 7.47. The van der Waals surface area contributed by atoms with E-state index in [1.807, 2.05) is 13.8 Å². The third-order valence-electron chi connectivity index (χ3n) is 3.89. The molecule has 21 heavy (non-hydrogen) atoms. The van der Waals surface area contributed by atoms with E-state index >= 15 is 0 Å². The van der Waals surface area contributed by atoms with Gasteiger partial charge in [0.05, 0.1) is 6.54 Å². The largest absolute Gasteiger partial charge is 0.424 e. The third kappa shape index (κ3) is 4.98. The van der Waals surface area contributed by atoms with Crippen molar-refractivity contribution in [1.82, 2.24) is 15.5 Å². The summed E-state index contributed by atoms with van der Waals surface area (Å²) in [4.78, 5) is 0. The number of aromatic nitrogens is 2. The summed E-state index contributed by atoms with van der Waals surface area (Å²) in [5.41, 5.74) is 0. The van der Waals surface area contributed by atoms with Gasteiger partial charge in [0.15, 0.2) is 0 Å².